The number of benzene rings is 1. The van der Waals surface area contributed by atoms with Crippen LogP contribution in [-0.2, 0) is 4.74 Å². The summed E-state index contributed by atoms with van der Waals surface area (Å²) in [5, 5.41) is 14.2. The molecule has 116 valence electrons. The molecule has 1 amide bonds. The Labute approximate surface area is 124 Å². The van der Waals surface area contributed by atoms with Gasteiger partial charge in [-0.1, -0.05) is 0 Å². The fraction of sp³-hybridized carbons (Fsp3) is 0.500. The third-order valence-electron chi connectivity index (χ3n) is 2.82. The number of nitro groups is 1. The van der Waals surface area contributed by atoms with Crippen LogP contribution in [0.4, 0.5) is 11.4 Å². The molecular formula is C14H21N3O4. The molecule has 1 atom stereocenters. The monoisotopic (exact) mass is 295 g/mol. The maximum absolute atomic E-state index is 11.9. The number of rotatable bonds is 7. The van der Waals surface area contributed by atoms with E-state index in [2.05, 4.69) is 5.32 Å². The minimum atomic E-state index is -0.498. The standard InChI is InChI=1S/C14H21N3O4/c1-5-21-9-10(2)15-12-7-6-11(14(18)16(3)4)8-13(12)17(19)20/h6-8,10,15H,5,9H2,1-4H3. The molecule has 1 unspecified atom stereocenters. The van der Waals surface area contributed by atoms with Crippen LogP contribution < -0.4 is 5.32 Å². The summed E-state index contributed by atoms with van der Waals surface area (Å²) in [7, 11) is 3.20. The van der Waals surface area contributed by atoms with Crippen LogP contribution in [0.15, 0.2) is 18.2 Å². The summed E-state index contributed by atoms with van der Waals surface area (Å²) in [4.78, 5) is 23.9. The molecule has 0 spiro atoms. The SMILES string of the molecule is CCOCC(C)Nc1ccc(C(=O)N(C)C)cc1[N+](=O)[O-]. The number of ether oxygens (including phenoxy) is 1. The Morgan fingerprint density at radius 2 is 2.14 bits per heavy atom. The highest BCUT2D eigenvalue weighted by Gasteiger charge is 2.19. The van der Waals surface area contributed by atoms with Crippen LogP contribution in [-0.4, -0.2) is 49.1 Å². The predicted octanol–water partition coefficient (Wildman–Crippen LogP) is 2.13. The van der Waals surface area contributed by atoms with Gasteiger partial charge >= 0.3 is 0 Å². The van der Waals surface area contributed by atoms with Crippen LogP contribution in [0.2, 0.25) is 0 Å². The van der Waals surface area contributed by atoms with E-state index in [4.69, 9.17) is 4.74 Å². The van der Waals surface area contributed by atoms with Crippen molar-refractivity contribution in [3.63, 3.8) is 0 Å². The molecule has 0 aliphatic heterocycles. The van der Waals surface area contributed by atoms with Gasteiger partial charge in [-0.15, -0.1) is 0 Å². The van der Waals surface area contributed by atoms with E-state index >= 15 is 0 Å². The molecule has 0 saturated carbocycles. The van der Waals surface area contributed by atoms with Crippen molar-refractivity contribution in [2.45, 2.75) is 19.9 Å². The van der Waals surface area contributed by atoms with Crippen molar-refractivity contribution in [1.82, 2.24) is 4.90 Å². The lowest BCUT2D eigenvalue weighted by molar-refractivity contribution is -0.384. The van der Waals surface area contributed by atoms with Crippen molar-refractivity contribution in [2.24, 2.45) is 0 Å². The number of nitrogens with zero attached hydrogens (tertiary/aromatic N) is 2. The topological polar surface area (TPSA) is 84.7 Å². The average Bonchev–Trinajstić information content (AvgIpc) is 2.44. The van der Waals surface area contributed by atoms with Crippen molar-refractivity contribution in [3.8, 4) is 0 Å². The number of carbonyl (C=O) groups is 1. The Hall–Kier alpha value is -2.15. The number of nitro benzene ring substituents is 1. The number of nitrogens with one attached hydrogen (secondary N) is 1. The Morgan fingerprint density at radius 1 is 1.48 bits per heavy atom. The minimum Gasteiger partial charge on any atom is -0.380 e. The molecule has 1 aromatic rings. The normalized spacial score (nSPS) is 11.8. The van der Waals surface area contributed by atoms with Gasteiger partial charge in [0.2, 0.25) is 0 Å². The summed E-state index contributed by atoms with van der Waals surface area (Å²) < 4.78 is 5.27. The Balaban J connectivity index is 3.00. The number of hydrogen-bond donors (Lipinski definition) is 1. The van der Waals surface area contributed by atoms with Gasteiger partial charge in [-0.05, 0) is 26.0 Å². The highest BCUT2D eigenvalue weighted by Crippen LogP contribution is 2.26. The first-order valence-electron chi connectivity index (χ1n) is 6.71. The van der Waals surface area contributed by atoms with Crippen LogP contribution in [0.25, 0.3) is 0 Å². The lowest BCUT2D eigenvalue weighted by atomic mass is 10.1. The first-order chi connectivity index (χ1) is 9.86. The molecule has 21 heavy (non-hydrogen) atoms. The van der Waals surface area contributed by atoms with Gasteiger partial charge < -0.3 is 15.0 Å². The zero-order valence-corrected chi connectivity index (χ0v) is 12.8. The smallest absolute Gasteiger partial charge is 0.293 e. The quantitative estimate of drug-likeness (QED) is 0.615. The molecule has 0 heterocycles. The molecule has 0 aliphatic rings. The second kappa shape index (κ2) is 7.58. The van der Waals surface area contributed by atoms with Crippen LogP contribution >= 0.6 is 0 Å². The van der Waals surface area contributed by atoms with Gasteiger partial charge in [0, 0.05) is 38.4 Å². The van der Waals surface area contributed by atoms with Gasteiger partial charge in [0.1, 0.15) is 5.69 Å². The Kier molecular flexibility index (Phi) is 6.10. The lowest BCUT2D eigenvalue weighted by Gasteiger charge is -2.16. The van der Waals surface area contributed by atoms with E-state index in [1.54, 1.807) is 26.2 Å². The fourth-order valence-corrected chi connectivity index (χ4v) is 1.80. The molecule has 1 aromatic carbocycles. The van der Waals surface area contributed by atoms with Crippen LogP contribution in [0.3, 0.4) is 0 Å². The van der Waals surface area contributed by atoms with Gasteiger partial charge in [0.05, 0.1) is 11.5 Å². The largest absolute Gasteiger partial charge is 0.380 e. The molecule has 7 nitrogen and oxygen atoms in total. The van der Waals surface area contributed by atoms with E-state index in [0.717, 1.165) is 0 Å². The zero-order valence-electron chi connectivity index (χ0n) is 12.8. The average molecular weight is 295 g/mol. The van der Waals surface area contributed by atoms with E-state index in [1.165, 1.54) is 11.0 Å². The molecule has 0 bridgehead atoms. The fourth-order valence-electron chi connectivity index (χ4n) is 1.80. The van der Waals surface area contributed by atoms with E-state index in [1.807, 2.05) is 13.8 Å². The summed E-state index contributed by atoms with van der Waals surface area (Å²) in [6.45, 7) is 4.80. The zero-order chi connectivity index (χ0) is 16.0. The molecule has 1 N–H and O–H groups in total. The summed E-state index contributed by atoms with van der Waals surface area (Å²) in [6.07, 6.45) is 0. The minimum absolute atomic E-state index is 0.0703. The Morgan fingerprint density at radius 3 is 2.67 bits per heavy atom. The summed E-state index contributed by atoms with van der Waals surface area (Å²) in [5.41, 5.74) is 0.545. The number of hydrogen-bond acceptors (Lipinski definition) is 5. The predicted molar refractivity (Wildman–Crippen MR) is 80.7 cm³/mol. The first-order valence-corrected chi connectivity index (χ1v) is 6.71. The van der Waals surface area contributed by atoms with Gasteiger partial charge in [-0.2, -0.15) is 0 Å². The molecule has 0 fully saturated rings. The van der Waals surface area contributed by atoms with Crippen LogP contribution in [0.5, 0.6) is 0 Å². The van der Waals surface area contributed by atoms with E-state index < -0.39 is 4.92 Å². The number of amides is 1. The van der Waals surface area contributed by atoms with Gasteiger partial charge in [0.25, 0.3) is 11.6 Å². The molecular weight excluding hydrogens is 274 g/mol. The second-order valence-corrected chi connectivity index (χ2v) is 4.89. The summed E-state index contributed by atoms with van der Waals surface area (Å²) in [5.74, 6) is -0.271. The lowest BCUT2D eigenvalue weighted by Crippen LogP contribution is -2.23. The van der Waals surface area contributed by atoms with Crippen molar-refractivity contribution >= 4 is 17.3 Å². The molecule has 0 aromatic heterocycles. The van der Waals surface area contributed by atoms with Crippen molar-refractivity contribution in [2.75, 3.05) is 32.6 Å². The number of carbonyl (C=O) groups excluding carboxylic acids is 1. The van der Waals surface area contributed by atoms with E-state index in [-0.39, 0.29) is 23.2 Å². The van der Waals surface area contributed by atoms with Gasteiger partial charge in [0.15, 0.2) is 0 Å². The third kappa shape index (κ3) is 4.71. The molecule has 0 aliphatic carbocycles. The first kappa shape index (κ1) is 16.9. The van der Waals surface area contributed by atoms with Gasteiger partial charge in [-0.3, -0.25) is 14.9 Å². The van der Waals surface area contributed by atoms with Crippen molar-refractivity contribution in [3.05, 3.63) is 33.9 Å². The van der Waals surface area contributed by atoms with Crippen LogP contribution in [0.1, 0.15) is 24.2 Å². The maximum atomic E-state index is 11.9. The molecule has 0 saturated heterocycles. The molecule has 1 rings (SSSR count). The van der Waals surface area contributed by atoms with Crippen LogP contribution in [0, 0.1) is 10.1 Å². The van der Waals surface area contributed by atoms with Gasteiger partial charge in [-0.25, -0.2) is 0 Å². The van der Waals surface area contributed by atoms with Crippen molar-refractivity contribution in [1.29, 1.82) is 0 Å². The third-order valence-corrected chi connectivity index (χ3v) is 2.82. The highest BCUT2D eigenvalue weighted by molar-refractivity contribution is 5.95. The van der Waals surface area contributed by atoms with E-state index in [0.29, 0.717) is 18.9 Å². The highest BCUT2D eigenvalue weighted by atomic mass is 16.6. The second-order valence-electron chi connectivity index (χ2n) is 4.89. The molecule has 0 radical (unpaired) electrons. The summed E-state index contributed by atoms with van der Waals surface area (Å²) in [6, 6.07) is 4.35. The Bertz CT molecular complexity index is 517. The number of anilines is 1. The van der Waals surface area contributed by atoms with E-state index in [9.17, 15) is 14.9 Å². The maximum Gasteiger partial charge on any atom is 0.293 e. The molecule has 7 heteroatoms. The van der Waals surface area contributed by atoms with Crippen molar-refractivity contribution < 1.29 is 14.5 Å². The summed E-state index contributed by atoms with van der Waals surface area (Å²) >= 11 is 0.